The van der Waals surface area contributed by atoms with Crippen molar-refractivity contribution in [1.82, 2.24) is 14.8 Å². The summed E-state index contributed by atoms with van der Waals surface area (Å²) in [6, 6.07) is 0. The monoisotopic (exact) mass is 227 g/mol. The third kappa shape index (κ3) is 6.55. The summed E-state index contributed by atoms with van der Waals surface area (Å²) in [5.41, 5.74) is 0. The Morgan fingerprint density at radius 1 is 0.933 bits per heavy atom. The zero-order valence-corrected chi connectivity index (χ0v) is 10.2. The average molecular weight is 227 g/mol. The molecular weight excluding hydrogens is 206 g/mol. The van der Waals surface area contributed by atoms with Gasteiger partial charge in [-0.2, -0.15) is 17.7 Å². The lowest BCUT2D eigenvalue weighted by atomic mass is 10.1. The Bertz CT molecular complexity index is 224. The van der Waals surface area contributed by atoms with Crippen molar-refractivity contribution < 1.29 is 0 Å². The molecule has 15 heavy (non-hydrogen) atoms. The molecule has 1 rings (SSSR count). The molecule has 0 spiro atoms. The Hall–Kier alpha value is -0.510. The number of hydrogen-bond donors (Lipinski definition) is 1. The first-order valence-electron chi connectivity index (χ1n) is 5.87. The van der Waals surface area contributed by atoms with Gasteiger partial charge in [-0.1, -0.05) is 32.1 Å². The number of unbranched alkanes of at least 4 members (excludes halogenated alkanes) is 6. The summed E-state index contributed by atoms with van der Waals surface area (Å²) in [5, 5.41) is 4.07. The molecule has 0 saturated heterocycles. The van der Waals surface area contributed by atoms with Gasteiger partial charge in [0.2, 0.25) is 0 Å². The van der Waals surface area contributed by atoms with Crippen LogP contribution in [0.1, 0.15) is 44.9 Å². The minimum atomic E-state index is 1.01. The van der Waals surface area contributed by atoms with Crippen molar-refractivity contribution in [3.8, 4) is 0 Å². The molecule has 4 heteroatoms. The number of aromatic nitrogens is 3. The average Bonchev–Trinajstić information content (AvgIpc) is 2.75. The van der Waals surface area contributed by atoms with Crippen molar-refractivity contribution in [2.24, 2.45) is 0 Å². The predicted octanol–water partition coefficient (Wildman–Crippen LogP) is 2.94. The van der Waals surface area contributed by atoms with Crippen molar-refractivity contribution in [3.05, 3.63) is 12.7 Å². The second-order valence-electron chi connectivity index (χ2n) is 3.86. The zero-order valence-electron chi connectivity index (χ0n) is 9.31. The molecule has 1 aromatic rings. The largest absolute Gasteiger partial charge is 0.253 e. The molecule has 0 aliphatic carbocycles. The molecule has 0 aromatic carbocycles. The molecule has 0 saturated carbocycles. The van der Waals surface area contributed by atoms with Gasteiger partial charge in [0.15, 0.2) is 0 Å². The highest BCUT2D eigenvalue weighted by atomic mass is 32.1. The fraction of sp³-hybridized carbons (Fsp3) is 0.818. The highest BCUT2D eigenvalue weighted by Gasteiger charge is 1.93. The summed E-state index contributed by atoms with van der Waals surface area (Å²) >= 11 is 4.20. The third-order valence-corrected chi connectivity index (χ3v) is 2.83. The smallest absolute Gasteiger partial charge is 0.137 e. The van der Waals surface area contributed by atoms with E-state index in [1.54, 1.807) is 12.7 Å². The number of hydrogen-bond acceptors (Lipinski definition) is 3. The van der Waals surface area contributed by atoms with Crippen LogP contribution >= 0.6 is 12.6 Å². The van der Waals surface area contributed by atoms with Gasteiger partial charge in [0.1, 0.15) is 12.7 Å². The fourth-order valence-electron chi connectivity index (χ4n) is 1.62. The van der Waals surface area contributed by atoms with E-state index < -0.39 is 0 Å². The van der Waals surface area contributed by atoms with E-state index in [1.165, 1.54) is 44.9 Å². The predicted molar refractivity (Wildman–Crippen MR) is 66.2 cm³/mol. The van der Waals surface area contributed by atoms with Gasteiger partial charge in [-0.3, -0.25) is 4.68 Å². The first-order chi connectivity index (χ1) is 7.43. The lowest BCUT2D eigenvalue weighted by Gasteiger charge is -2.01. The summed E-state index contributed by atoms with van der Waals surface area (Å²) in [6.45, 7) is 1.01. The van der Waals surface area contributed by atoms with Crippen LogP contribution in [0.5, 0.6) is 0 Å². The van der Waals surface area contributed by atoms with Gasteiger partial charge in [-0.25, -0.2) is 4.98 Å². The van der Waals surface area contributed by atoms with Crippen LogP contribution in [0.4, 0.5) is 0 Å². The SMILES string of the molecule is SCCCCCCCCCn1cncn1. The van der Waals surface area contributed by atoms with Crippen molar-refractivity contribution in [3.63, 3.8) is 0 Å². The molecule has 0 aliphatic heterocycles. The summed E-state index contributed by atoms with van der Waals surface area (Å²) in [5.74, 6) is 1.03. The van der Waals surface area contributed by atoms with E-state index in [4.69, 9.17) is 0 Å². The van der Waals surface area contributed by atoms with E-state index in [2.05, 4.69) is 22.7 Å². The van der Waals surface area contributed by atoms with Crippen LogP contribution in [0.2, 0.25) is 0 Å². The molecular formula is C11H21N3S. The van der Waals surface area contributed by atoms with Crippen LogP contribution in [-0.2, 0) is 6.54 Å². The normalized spacial score (nSPS) is 10.7. The van der Waals surface area contributed by atoms with Gasteiger partial charge in [0.25, 0.3) is 0 Å². The van der Waals surface area contributed by atoms with E-state index in [0.29, 0.717) is 0 Å². The van der Waals surface area contributed by atoms with Crippen molar-refractivity contribution in [2.45, 2.75) is 51.5 Å². The lowest BCUT2D eigenvalue weighted by molar-refractivity contribution is 0.523. The van der Waals surface area contributed by atoms with E-state index in [-0.39, 0.29) is 0 Å². The second kappa shape index (κ2) is 8.77. The minimum absolute atomic E-state index is 1.01. The van der Waals surface area contributed by atoms with Gasteiger partial charge >= 0.3 is 0 Å². The molecule has 0 bridgehead atoms. The molecule has 0 aliphatic rings. The first kappa shape index (κ1) is 12.6. The van der Waals surface area contributed by atoms with Crippen molar-refractivity contribution in [1.29, 1.82) is 0 Å². The van der Waals surface area contributed by atoms with Gasteiger partial charge in [0.05, 0.1) is 0 Å². The molecule has 1 aromatic heterocycles. The lowest BCUT2D eigenvalue weighted by Crippen LogP contribution is -1.97. The Kier molecular flexibility index (Phi) is 7.34. The van der Waals surface area contributed by atoms with Gasteiger partial charge < -0.3 is 0 Å². The van der Waals surface area contributed by atoms with Crippen LogP contribution in [0.3, 0.4) is 0 Å². The fourth-order valence-corrected chi connectivity index (χ4v) is 1.84. The van der Waals surface area contributed by atoms with E-state index >= 15 is 0 Å². The third-order valence-electron chi connectivity index (χ3n) is 2.51. The molecule has 0 unspecified atom stereocenters. The molecule has 3 nitrogen and oxygen atoms in total. The van der Waals surface area contributed by atoms with E-state index in [9.17, 15) is 0 Å². The standard InChI is InChI=1S/C11H21N3S/c15-9-7-5-3-1-2-4-6-8-14-11-12-10-13-14/h10-11,15H,1-9H2. The summed E-state index contributed by atoms with van der Waals surface area (Å²) in [4.78, 5) is 3.92. The van der Waals surface area contributed by atoms with Gasteiger partial charge in [0, 0.05) is 6.54 Å². The zero-order chi connectivity index (χ0) is 10.8. The topological polar surface area (TPSA) is 30.7 Å². The quantitative estimate of drug-likeness (QED) is 0.519. The van der Waals surface area contributed by atoms with Crippen LogP contribution < -0.4 is 0 Å². The number of thiol groups is 1. The second-order valence-corrected chi connectivity index (χ2v) is 4.30. The molecule has 0 N–H and O–H groups in total. The first-order valence-corrected chi connectivity index (χ1v) is 6.50. The summed E-state index contributed by atoms with van der Waals surface area (Å²) in [6.07, 6.45) is 12.6. The summed E-state index contributed by atoms with van der Waals surface area (Å²) in [7, 11) is 0. The van der Waals surface area contributed by atoms with Gasteiger partial charge in [-0.15, -0.1) is 0 Å². The maximum Gasteiger partial charge on any atom is 0.137 e. The Morgan fingerprint density at radius 3 is 2.20 bits per heavy atom. The molecule has 86 valence electrons. The molecule has 0 fully saturated rings. The van der Waals surface area contributed by atoms with Crippen molar-refractivity contribution >= 4 is 12.6 Å². The Labute approximate surface area is 97.7 Å². The highest BCUT2D eigenvalue weighted by molar-refractivity contribution is 7.80. The highest BCUT2D eigenvalue weighted by Crippen LogP contribution is 2.07. The van der Waals surface area contributed by atoms with E-state index in [0.717, 1.165) is 12.3 Å². The van der Waals surface area contributed by atoms with Gasteiger partial charge in [-0.05, 0) is 18.6 Å². The van der Waals surface area contributed by atoms with Crippen LogP contribution in [0.15, 0.2) is 12.7 Å². The summed E-state index contributed by atoms with van der Waals surface area (Å²) < 4.78 is 1.90. The molecule has 1 heterocycles. The van der Waals surface area contributed by atoms with Crippen LogP contribution in [-0.4, -0.2) is 20.5 Å². The molecule has 0 radical (unpaired) electrons. The number of rotatable bonds is 9. The maximum atomic E-state index is 4.20. The molecule has 0 amide bonds. The minimum Gasteiger partial charge on any atom is -0.253 e. The van der Waals surface area contributed by atoms with E-state index in [1.807, 2.05) is 4.68 Å². The van der Waals surface area contributed by atoms with Crippen molar-refractivity contribution in [2.75, 3.05) is 5.75 Å². The Balaban J connectivity index is 1.81. The number of nitrogens with zero attached hydrogens (tertiary/aromatic N) is 3. The van der Waals surface area contributed by atoms with Crippen LogP contribution in [0.25, 0.3) is 0 Å². The Morgan fingerprint density at radius 2 is 1.60 bits per heavy atom. The molecule has 0 atom stereocenters. The maximum absolute atomic E-state index is 4.20. The number of aryl methyl sites for hydroxylation is 1. The van der Waals surface area contributed by atoms with Crippen LogP contribution in [0, 0.1) is 0 Å².